The molecule has 0 heterocycles. The molecule has 0 aromatic heterocycles. The van der Waals surface area contributed by atoms with Crippen LogP contribution in [0.1, 0.15) is 13.8 Å². The van der Waals surface area contributed by atoms with Crippen LogP contribution in [0, 0.1) is 5.82 Å². The number of carbonyl (C=O) groups excluding carboxylic acids is 1. The molecule has 4 nitrogen and oxygen atoms in total. The maximum Gasteiger partial charge on any atom is 0.242 e. The van der Waals surface area contributed by atoms with Gasteiger partial charge in [-0.3, -0.25) is 4.79 Å². The van der Waals surface area contributed by atoms with Crippen LogP contribution in [0.5, 0.6) is 0 Å². The highest BCUT2D eigenvalue weighted by Crippen LogP contribution is 2.28. The second-order valence-corrected chi connectivity index (χ2v) is 4.38. The van der Waals surface area contributed by atoms with Crippen LogP contribution in [0.25, 0.3) is 0 Å². The van der Waals surface area contributed by atoms with Crippen LogP contribution in [0.15, 0.2) is 12.1 Å². The monoisotopic (exact) mass is 245 g/mol. The number of hydrogen-bond acceptors (Lipinski definition) is 3. The average molecular weight is 246 g/mol. The number of primary amides is 1. The topological polar surface area (TPSA) is 81.1 Å². The number of nitrogen functional groups attached to an aromatic ring is 1. The Morgan fingerprint density at radius 3 is 2.56 bits per heavy atom. The number of anilines is 2. The van der Waals surface area contributed by atoms with Gasteiger partial charge in [0, 0.05) is 6.07 Å². The molecule has 0 atom stereocenters. The number of rotatable bonds is 3. The van der Waals surface area contributed by atoms with Gasteiger partial charge in [-0.1, -0.05) is 11.6 Å². The highest BCUT2D eigenvalue weighted by molar-refractivity contribution is 6.31. The smallest absolute Gasteiger partial charge is 0.242 e. The van der Waals surface area contributed by atoms with Crippen molar-refractivity contribution in [1.29, 1.82) is 0 Å². The van der Waals surface area contributed by atoms with E-state index < -0.39 is 17.3 Å². The van der Waals surface area contributed by atoms with Gasteiger partial charge in [0.1, 0.15) is 11.4 Å². The molecule has 1 aromatic rings. The molecule has 0 unspecified atom stereocenters. The summed E-state index contributed by atoms with van der Waals surface area (Å²) in [5.41, 5.74) is 10.3. The fourth-order valence-corrected chi connectivity index (χ4v) is 1.24. The van der Waals surface area contributed by atoms with Crippen LogP contribution >= 0.6 is 11.6 Å². The zero-order chi connectivity index (χ0) is 12.5. The molecular weight excluding hydrogens is 233 g/mol. The lowest BCUT2D eigenvalue weighted by molar-refractivity contribution is -0.121. The lowest BCUT2D eigenvalue weighted by Crippen LogP contribution is -2.45. The maximum atomic E-state index is 13.2. The first-order valence-corrected chi connectivity index (χ1v) is 4.94. The van der Waals surface area contributed by atoms with Gasteiger partial charge in [0.2, 0.25) is 5.91 Å². The van der Waals surface area contributed by atoms with Crippen molar-refractivity contribution in [2.75, 3.05) is 11.1 Å². The first-order valence-electron chi connectivity index (χ1n) is 4.56. The molecule has 1 amide bonds. The summed E-state index contributed by atoms with van der Waals surface area (Å²) < 4.78 is 13.2. The maximum absolute atomic E-state index is 13.2. The highest BCUT2D eigenvalue weighted by Gasteiger charge is 2.25. The van der Waals surface area contributed by atoms with Crippen LogP contribution in [-0.4, -0.2) is 11.4 Å². The first kappa shape index (κ1) is 12.6. The predicted molar refractivity (Wildman–Crippen MR) is 62.7 cm³/mol. The summed E-state index contributed by atoms with van der Waals surface area (Å²) in [7, 11) is 0. The summed E-state index contributed by atoms with van der Waals surface area (Å²) >= 11 is 5.55. The number of halogens is 2. The number of benzene rings is 1. The molecule has 6 heteroatoms. The van der Waals surface area contributed by atoms with E-state index in [1.165, 1.54) is 6.07 Å². The molecule has 0 aliphatic rings. The van der Waals surface area contributed by atoms with E-state index in [1.807, 2.05) is 0 Å². The minimum atomic E-state index is -1.02. The van der Waals surface area contributed by atoms with E-state index in [9.17, 15) is 9.18 Å². The largest absolute Gasteiger partial charge is 0.397 e. The third-order valence-electron chi connectivity index (χ3n) is 2.16. The molecule has 1 aromatic carbocycles. The Morgan fingerprint density at radius 1 is 1.50 bits per heavy atom. The van der Waals surface area contributed by atoms with Crippen molar-refractivity contribution in [3.05, 3.63) is 23.0 Å². The van der Waals surface area contributed by atoms with Gasteiger partial charge >= 0.3 is 0 Å². The molecular formula is C10H13ClFN3O. The molecule has 88 valence electrons. The zero-order valence-corrected chi connectivity index (χ0v) is 9.73. The molecule has 0 fully saturated rings. The van der Waals surface area contributed by atoms with Gasteiger partial charge in [-0.05, 0) is 19.9 Å². The molecule has 5 N–H and O–H groups in total. The lowest BCUT2D eigenvalue weighted by atomic mass is 10.0. The van der Waals surface area contributed by atoms with Gasteiger partial charge in [-0.15, -0.1) is 0 Å². The summed E-state index contributed by atoms with van der Waals surface area (Å²) in [4.78, 5) is 11.1. The highest BCUT2D eigenvalue weighted by atomic mass is 35.5. The molecule has 0 radical (unpaired) electrons. The van der Waals surface area contributed by atoms with E-state index in [0.717, 1.165) is 6.07 Å². The van der Waals surface area contributed by atoms with Crippen molar-refractivity contribution in [2.45, 2.75) is 19.4 Å². The Kier molecular flexibility index (Phi) is 3.28. The molecule has 0 bridgehead atoms. The van der Waals surface area contributed by atoms with Gasteiger partial charge in [-0.2, -0.15) is 0 Å². The molecule has 0 saturated heterocycles. The molecule has 0 spiro atoms. The van der Waals surface area contributed by atoms with Gasteiger partial charge < -0.3 is 16.8 Å². The summed E-state index contributed by atoms with van der Waals surface area (Å²) in [6.45, 7) is 3.14. The minimum Gasteiger partial charge on any atom is -0.397 e. The Balaban J connectivity index is 3.07. The van der Waals surface area contributed by atoms with Gasteiger partial charge in [0.15, 0.2) is 0 Å². The normalized spacial score (nSPS) is 11.2. The summed E-state index contributed by atoms with van der Waals surface area (Å²) in [6.07, 6.45) is 0. The molecule has 0 aliphatic heterocycles. The van der Waals surface area contributed by atoms with Gasteiger partial charge in [-0.25, -0.2) is 4.39 Å². The Hall–Kier alpha value is -1.49. The average Bonchev–Trinajstić information content (AvgIpc) is 2.13. The van der Waals surface area contributed by atoms with Gasteiger partial charge in [0.25, 0.3) is 0 Å². The number of nitrogens with two attached hydrogens (primary N) is 2. The van der Waals surface area contributed by atoms with E-state index >= 15 is 0 Å². The van der Waals surface area contributed by atoms with Crippen LogP contribution in [-0.2, 0) is 4.79 Å². The van der Waals surface area contributed by atoms with Crippen molar-refractivity contribution in [3.8, 4) is 0 Å². The van der Waals surface area contributed by atoms with Crippen LogP contribution in [0.4, 0.5) is 15.8 Å². The predicted octanol–water partition coefficient (Wildman–Crippen LogP) is 1.74. The van der Waals surface area contributed by atoms with Crippen molar-refractivity contribution in [2.24, 2.45) is 5.73 Å². The van der Waals surface area contributed by atoms with E-state index in [0.29, 0.717) is 0 Å². The fraction of sp³-hybridized carbons (Fsp3) is 0.300. The minimum absolute atomic E-state index is 0.0695. The zero-order valence-electron chi connectivity index (χ0n) is 8.97. The van der Waals surface area contributed by atoms with E-state index in [2.05, 4.69) is 5.32 Å². The molecule has 1 rings (SSSR count). The Labute approximate surface area is 97.8 Å². The Bertz CT molecular complexity index is 434. The third-order valence-corrected chi connectivity index (χ3v) is 2.45. The molecule has 16 heavy (non-hydrogen) atoms. The second kappa shape index (κ2) is 4.17. The van der Waals surface area contributed by atoms with E-state index in [-0.39, 0.29) is 16.4 Å². The van der Waals surface area contributed by atoms with Crippen molar-refractivity contribution in [1.82, 2.24) is 0 Å². The first-order chi connectivity index (χ1) is 7.24. The molecule has 0 aliphatic carbocycles. The molecule has 0 saturated carbocycles. The number of nitrogens with one attached hydrogen (secondary N) is 1. The van der Waals surface area contributed by atoms with E-state index in [4.69, 9.17) is 23.1 Å². The number of amides is 1. The third kappa shape index (κ3) is 2.55. The fourth-order valence-electron chi connectivity index (χ4n) is 1.07. The summed E-state index contributed by atoms with van der Waals surface area (Å²) in [5.74, 6) is -1.18. The number of carbonyl (C=O) groups is 1. The van der Waals surface area contributed by atoms with Crippen molar-refractivity contribution >= 4 is 28.9 Å². The van der Waals surface area contributed by atoms with Gasteiger partial charge in [0.05, 0.1) is 16.4 Å². The van der Waals surface area contributed by atoms with Crippen molar-refractivity contribution < 1.29 is 9.18 Å². The van der Waals surface area contributed by atoms with Crippen LogP contribution < -0.4 is 16.8 Å². The SMILES string of the molecule is CC(C)(Nc1cc(F)c(Cl)cc1N)C(N)=O. The standard InChI is InChI=1S/C10H13ClFN3O/c1-10(2,9(14)16)15-8-4-6(12)5(11)3-7(8)13/h3-4,15H,13H2,1-2H3,(H2,14,16). The number of hydrogen-bond donors (Lipinski definition) is 3. The summed E-state index contributed by atoms with van der Waals surface area (Å²) in [6, 6.07) is 2.40. The second-order valence-electron chi connectivity index (χ2n) is 3.97. The lowest BCUT2D eigenvalue weighted by Gasteiger charge is -2.24. The van der Waals surface area contributed by atoms with Crippen LogP contribution in [0.2, 0.25) is 5.02 Å². The quantitative estimate of drug-likeness (QED) is 0.710. The van der Waals surface area contributed by atoms with Crippen molar-refractivity contribution in [3.63, 3.8) is 0 Å². The Morgan fingerprint density at radius 2 is 2.06 bits per heavy atom. The summed E-state index contributed by atoms with van der Waals surface area (Å²) in [5, 5.41) is 2.69. The van der Waals surface area contributed by atoms with Crippen LogP contribution in [0.3, 0.4) is 0 Å². The van der Waals surface area contributed by atoms with E-state index in [1.54, 1.807) is 13.8 Å².